The zero-order valence-electron chi connectivity index (χ0n) is 8.98. The van der Waals surface area contributed by atoms with Crippen molar-refractivity contribution in [3.05, 3.63) is 5.82 Å². The molecule has 1 fully saturated rings. The molecule has 1 aliphatic rings. The average molecular weight is 227 g/mol. The Bertz CT molecular complexity index is 315. The quantitative estimate of drug-likeness (QED) is 0.851. The van der Waals surface area contributed by atoms with Gasteiger partial charge in [-0.3, -0.25) is 0 Å². The SMILES string of the molecule is CCCc1nsc(OC2CCCC2N)n1. The van der Waals surface area contributed by atoms with Gasteiger partial charge in [0.15, 0.2) is 0 Å². The lowest BCUT2D eigenvalue weighted by Gasteiger charge is -2.14. The minimum Gasteiger partial charge on any atom is -0.464 e. The Kier molecular flexibility index (Phi) is 3.53. The summed E-state index contributed by atoms with van der Waals surface area (Å²) in [6.45, 7) is 2.12. The predicted molar refractivity (Wildman–Crippen MR) is 60.1 cm³/mol. The molecule has 2 atom stereocenters. The maximum absolute atomic E-state index is 5.92. The van der Waals surface area contributed by atoms with Crippen LogP contribution in [-0.2, 0) is 6.42 Å². The molecule has 2 rings (SSSR count). The molecule has 0 radical (unpaired) electrons. The predicted octanol–water partition coefficient (Wildman–Crippen LogP) is 1.75. The standard InChI is InChI=1S/C10H17N3OS/c1-2-4-9-12-10(15-13-9)14-8-6-3-5-7(8)11/h7-8H,2-6,11H2,1H3. The number of nitrogens with zero attached hydrogens (tertiary/aromatic N) is 2. The van der Waals surface area contributed by atoms with Crippen molar-refractivity contribution in [2.24, 2.45) is 5.73 Å². The van der Waals surface area contributed by atoms with Gasteiger partial charge in [-0.05, 0) is 25.7 Å². The molecule has 0 spiro atoms. The van der Waals surface area contributed by atoms with Crippen LogP contribution in [-0.4, -0.2) is 21.5 Å². The summed E-state index contributed by atoms with van der Waals surface area (Å²) >= 11 is 1.34. The van der Waals surface area contributed by atoms with Gasteiger partial charge in [0.2, 0.25) is 0 Å². The molecule has 2 N–H and O–H groups in total. The summed E-state index contributed by atoms with van der Waals surface area (Å²) in [5.74, 6) is 0.893. The van der Waals surface area contributed by atoms with Gasteiger partial charge in [-0.15, -0.1) is 0 Å². The second-order valence-electron chi connectivity index (χ2n) is 3.98. The van der Waals surface area contributed by atoms with Gasteiger partial charge in [0, 0.05) is 24.0 Å². The molecule has 1 aliphatic carbocycles. The smallest absolute Gasteiger partial charge is 0.293 e. The van der Waals surface area contributed by atoms with E-state index < -0.39 is 0 Å². The van der Waals surface area contributed by atoms with Crippen LogP contribution in [0.5, 0.6) is 5.19 Å². The van der Waals surface area contributed by atoms with Crippen LogP contribution in [0.15, 0.2) is 0 Å². The first-order valence-corrected chi connectivity index (χ1v) is 6.31. The molecule has 2 unspecified atom stereocenters. The van der Waals surface area contributed by atoms with E-state index in [9.17, 15) is 0 Å². The molecule has 84 valence electrons. The normalized spacial score (nSPS) is 25.7. The highest BCUT2D eigenvalue weighted by Crippen LogP contribution is 2.24. The van der Waals surface area contributed by atoms with E-state index in [1.54, 1.807) is 0 Å². The topological polar surface area (TPSA) is 61.0 Å². The van der Waals surface area contributed by atoms with Gasteiger partial charge in [0.25, 0.3) is 5.19 Å². The Balaban J connectivity index is 1.92. The molecule has 1 heterocycles. The summed E-state index contributed by atoms with van der Waals surface area (Å²) in [7, 11) is 0. The molecule has 5 heteroatoms. The maximum Gasteiger partial charge on any atom is 0.293 e. The van der Waals surface area contributed by atoms with Crippen molar-refractivity contribution in [2.45, 2.75) is 51.2 Å². The number of aromatic nitrogens is 2. The summed E-state index contributed by atoms with van der Waals surface area (Å²) in [6.07, 6.45) is 5.41. The van der Waals surface area contributed by atoms with E-state index in [1.165, 1.54) is 11.5 Å². The Hall–Kier alpha value is -0.680. The van der Waals surface area contributed by atoms with Crippen molar-refractivity contribution < 1.29 is 4.74 Å². The summed E-state index contributed by atoms with van der Waals surface area (Å²) in [4.78, 5) is 4.33. The first kappa shape index (κ1) is 10.8. The third-order valence-electron chi connectivity index (χ3n) is 2.68. The van der Waals surface area contributed by atoms with Crippen molar-refractivity contribution in [2.75, 3.05) is 0 Å². The lowest BCUT2D eigenvalue weighted by atomic mass is 10.2. The highest BCUT2D eigenvalue weighted by molar-refractivity contribution is 7.07. The van der Waals surface area contributed by atoms with Crippen molar-refractivity contribution in [3.8, 4) is 5.19 Å². The molecule has 0 aromatic carbocycles. The minimum atomic E-state index is 0.146. The van der Waals surface area contributed by atoms with Gasteiger partial charge in [0.1, 0.15) is 11.9 Å². The molecule has 0 bridgehead atoms. The molecule has 0 amide bonds. The third kappa shape index (κ3) is 2.66. The van der Waals surface area contributed by atoms with Crippen LogP contribution in [0.2, 0.25) is 0 Å². The number of aryl methyl sites for hydroxylation is 1. The summed E-state index contributed by atoms with van der Waals surface area (Å²) < 4.78 is 9.97. The monoisotopic (exact) mass is 227 g/mol. The van der Waals surface area contributed by atoms with Crippen LogP contribution in [0.1, 0.15) is 38.4 Å². The van der Waals surface area contributed by atoms with Crippen LogP contribution < -0.4 is 10.5 Å². The first-order chi connectivity index (χ1) is 7.29. The highest BCUT2D eigenvalue weighted by Gasteiger charge is 2.26. The second kappa shape index (κ2) is 4.90. The third-order valence-corrected chi connectivity index (χ3v) is 3.32. The summed E-state index contributed by atoms with van der Waals surface area (Å²) in [5, 5.41) is 0.681. The Morgan fingerprint density at radius 3 is 3.07 bits per heavy atom. The van der Waals surface area contributed by atoms with Gasteiger partial charge in [-0.25, -0.2) is 0 Å². The van der Waals surface area contributed by atoms with E-state index in [-0.39, 0.29) is 12.1 Å². The fourth-order valence-electron chi connectivity index (χ4n) is 1.84. The van der Waals surface area contributed by atoms with Gasteiger partial charge >= 0.3 is 0 Å². The van der Waals surface area contributed by atoms with Crippen LogP contribution in [0.25, 0.3) is 0 Å². The van der Waals surface area contributed by atoms with Gasteiger partial charge < -0.3 is 10.5 Å². The Labute approximate surface area is 94.0 Å². The largest absolute Gasteiger partial charge is 0.464 e. The number of ether oxygens (including phenoxy) is 1. The summed E-state index contributed by atoms with van der Waals surface area (Å²) in [6, 6.07) is 0.170. The first-order valence-electron chi connectivity index (χ1n) is 5.54. The number of hydrogen-bond acceptors (Lipinski definition) is 5. The fourth-order valence-corrected chi connectivity index (χ4v) is 2.47. The molecular formula is C10H17N3OS. The zero-order chi connectivity index (χ0) is 10.7. The van der Waals surface area contributed by atoms with Crippen molar-refractivity contribution >= 4 is 11.5 Å². The lowest BCUT2D eigenvalue weighted by molar-refractivity contribution is 0.190. The van der Waals surface area contributed by atoms with E-state index >= 15 is 0 Å². The van der Waals surface area contributed by atoms with Gasteiger partial charge in [-0.1, -0.05) is 6.92 Å². The zero-order valence-corrected chi connectivity index (χ0v) is 9.80. The molecule has 0 aliphatic heterocycles. The van der Waals surface area contributed by atoms with Crippen molar-refractivity contribution in [1.29, 1.82) is 0 Å². The lowest BCUT2D eigenvalue weighted by Crippen LogP contribution is -2.33. The Morgan fingerprint density at radius 1 is 1.53 bits per heavy atom. The Morgan fingerprint density at radius 2 is 2.40 bits per heavy atom. The average Bonchev–Trinajstić information content (AvgIpc) is 2.79. The molecule has 1 saturated carbocycles. The fraction of sp³-hybridized carbons (Fsp3) is 0.800. The highest BCUT2D eigenvalue weighted by atomic mass is 32.1. The van der Waals surface area contributed by atoms with Crippen LogP contribution in [0, 0.1) is 0 Å². The molecule has 1 aromatic heterocycles. The minimum absolute atomic E-state index is 0.146. The van der Waals surface area contributed by atoms with Crippen molar-refractivity contribution in [1.82, 2.24) is 9.36 Å². The van der Waals surface area contributed by atoms with Gasteiger partial charge in [-0.2, -0.15) is 9.36 Å². The van der Waals surface area contributed by atoms with Crippen LogP contribution in [0.3, 0.4) is 0 Å². The molecule has 0 saturated heterocycles. The number of hydrogen-bond donors (Lipinski definition) is 1. The molecule has 4 nitrogen and oxygen atoms in total. The van der Waals surface area contributed by atoms with Gasteiger partial charge in [0.05, 0.1) is 0 Å². The van der Waals surface area contributed by atoms with E-state index in [0.717, 1.165) is 37.9 Å². The molecule has 15 heavy (non-hydrogen) atoms. The molecular weight excluding hydrogens is 210 g/mol. The van der Waals surface area contributed by atoms with E-state index in [0.29, 0.717) is 5.19 Å². The second-order valence-corrected chi connectivity index (χ2v) is 4.69. The number of rotatable bonds is 4. The van der Waals surface area contributed by atoms with Crippen molar-refractivity contribution in [3.63, 3.8) is 0 Å². The maximum atomic E-state index is 5.92. The van der Waals surface area contributed by atoms with E-state index in [4.69, 9.17) is 10.5 Å². The summed E-state index contributed by atoms with van der Waals surface area (Å²) in [5.41, 5.74) is 5.92. The molecule has 1 aromatic rings. The van der Waals surface area contributed by atoms with Crippen LogP contribution >= 0.6 is 11.5 Å². The number of nitrogens with two attached hydrogens (primary N) is 1. The van der Waals surface area contributed by atoms with Crippen LogP contribution in [0.4, 0.5) is 0 Å². The van der Waals surface area contributed by atoms with E-state index in [2.05, 4.69) is 16.3 Å². The van der Waals surface area contributed by atoms with E-state index in [1.807, 2.05) is 0 Å².